The minimum atomic E-state index is -0.0263. The molecule has 0 amide bonds. The summed E-state index contributed by atoms with van der Waals surface area (Å²) in [5.74, 6) is 0. The minimum absolute atomic E-state index is 0.0263. The Morgan fingerprint density at radius 2 is 1.28 bits per heavy atom. The number of nitrogens with zero attached hydrogens (tertiary/aromatic N) is 1. The van der Waals surface area contributed by atoms with Crippen LogP contribution in [0.4, 0.5) is 0 Å². The van der Waals surface area contributed by atoms with Crippen LogP contribution in [0.25, 0.3) is 0 Å². The molecule has 2 nitrogen and oxygen atoms in total. The Bertz CT molecular complexity index is 741. The second-order valence-electron chi connectivity index (χ2n) is 6.56. The SMILES string of the molecule is C[C@@H](c1ccccc1)N1[C@@H](c2ccccc2)OC[C@H]1c1ccccc1. The van der Waals surface area contributed by atoms with Crippen molar-refractivity contribution >= 4 is 0 Å². The van der Waals surface area contributed by atoms with Gasteiger partial charge in [0.1, 0.15) is 6.23 Å². The van der Waals surface area contributed by atoms with Gasteiger partial charge in [-0.1, -0.05) is 91.0 Å². The van der Waals surface area contributed by atoms with Crippen molar-refractivity contribution in [1.82, 2.24) is 4.90 Å². The molecule has 1 heterocycles. The zero-order chi connectivity index (χ0) is 17.1. The molecular formula is C23H23NO. The maximum Gasteiger partial charge on any atom is 0.137 e. The molecule has 1 aliphatic heterocycles. The summed E-state index contributed by atoms with van der Waals surface area (Å²) >= 11 is 0. The van der Waals surface area contributed by atoms with Gasteiger partial charge in [0.05, 0.1) is 12.6 Å². The van der Waals surface area contributed by atoms with Crippen LogP contribution in [0.2, 0.25) is 0 Å². The Hall–Kier alpha value is -2.42. The molecule has 1 fully saturated rings. The fourth-order valence-corrected chi connectivity index (χ4v) is 3.72. The molecule has 0 unspecified atom stereocenters. The van der Waals surface area contributed by atoms with E-state index in [-0.39, 0.29) is 18.3 Å². The number of hydrogen-bond acceptors (Lipinski definition) is 2. The second kappa shape index (κ2) is 7.22. The van der Waals surface area contributed by atoms with Gasteiger partial charge in [-0.2, -0.15) is 0 Å². The molecule has 3 atom stereocenters. The minimum Gasteiger partial charge on any atom is -0.357 e. The van der Waals surface area contributed by atoms with Crippen LogP contribution in [0.5, 0.6) is 0 Å². The van der Waals surface area contributed by atoms with Gasteiger partial charge in [0.25, 0.3) is 0 Å². The Kier molecular flexibility index (Phi) is 4.64. The smallest absolute Gasteiger partial charge is 0.137 e. The molecule has 126 valence electrons. The van der Waals surface area contributed by atoms with E-state index < -0.39 is 0 Å². The average Bonchev–Trinajstić information content (AvgIpc) is 3.14. The molecule has 0 radical (unpaired) electrons. The van der Waals surface area contributed by atoms with Crippen molar-refractivity contribution in [2.75, 3.05) is 6.61 Å². The maximum atomic E-state index is 6.29. The van der Waals surface area contributed by atoms with Crippen LogP contribution in [0.15, 0.2) is 91.0 Å². The number of hydrogen-bond donors (Lipinski definition) is 0. The summed E-state index contributed by atoms with van der Waals surface area (Å²) in [5, 5.41) is 0. The molecule has 2 heteroatoms. The molecule has 4 rings (SSSR count). The molecule has 3 aromatic rings. The van der Waals surface area contributed by atoms with E-state index in [1.165, 1.54) is 16.7 Å². The Morgan fingerprint density at radius 3 is 1.88 bits per heavy atom. The van der Waals surface area contributed by atoms with Crippen LogP contribution in [0, 0.1) is 0 Å². The lowest BCUT2D eigenvalue weighted by molar-refractivity contribution is 0.00772. The van der Waals surface area contributed by atoms with Crippen LogP contribution in [-0.2, 0) is 4.74 Å². The van der Waals surface area contributed by atoms with E-state index in [1.54, 1.807) is 0 Å². The third-order valence-corrected chi connectivity index (χ3v) is 5.04. The van der Waals surface area contributed by atoms with Gasteiger partial charge in [-0.25, -0.2) is 0 Å². The summed E-state index contributed by atoms with van der Waals surface area (Å²) in [5.41, 5.74) is 3.84. The van der Waals surface area contributed by atoms with Crippen molar-refractivity contribution in [1.29, 1.82) is 0 Å². The third-order valence-electron chi connectivity index (χ3n) is 5.04. The largest absolute Gasteiger partial charge is 0.357 e. The van der Waals surface area contributed by atoms with Gasteiger partial charge < -0.3 is 4.74 Å². The van der Waals surface area contributed by atoms with E-state index in [2.05, 4.69) is 103 Å². The van der Waals surface area contributed by atoms with E-state index in [0.29, 0.717) is 6.61 Å². The van der Waals surface area contributed by atoms with Crippen LogP contribution in [0.3, 0.4) is 0 Å². The summed E-state index contributed by atoms with van der Waals surface area (Å²) in [6, 6.07) is 32.4. The Labute approximate surface area is 149 Å². The lowest BCUT2D eigenvalue weighted by atomic mass is 10.00. The molecule has 0 saturated carbocycles. The summed E-state index contributed by atoms with van der Waals surface area (Å²) in [4.78, 5) is 2.50. The molecule has 3 aromatic carbocycles. The van der Waals surface area contributed by atoms with E-state index in [4.69, 9.17) is 4.74 Å². The number of ether oxygens (including phenoxy) is 1. The molecule has 0 aliphatic carbocycles. The van der Waals surface area contributed by atoms with Crippen molar-refractivity contribution in [3.05, 3.63) is 108 Å². The van der Waals surface area contributed by atoms with E-state index >= 15 is 0 Å². The second-order valence-corrected chi connectivity index (χ2v) is 6.56. The molecule has 0 N–H and O–H groups in total. The average molecular weight is 329 g/mol. The molecular weight excluding hydrogens is 306 g/mol. The fraction of sp³-hybridized carbons (Fsp3) is 0.217. The number of benzene rings is 3. The van der Waals surface area contributed by atoms with Gasteiger partial charge in [-0.3, -0.25) is 4.90 Å². The first-order valence-electron chi connectivity index (χ1n) is 8.88. The first-order chi connectivity index (χ1) is 12.3. The van der Waals surface area contributed by atoms with Gasteiger partial charge in [0.15, 0.2) is 0 Å². The van der Waals surface area contributed by atoms with E-state index in [0.717, 1.165) is 0 Å². The first kappa shape index (κ1) is 16.1. The summed E-state index contributed by atoms with van der Waals surface area (Å²) in [7, 11) is 0. The van der Waals surface area contributed by atoms with Crippen LogP contribution < -0.4 is 0 Å². The van der Waals surface area contributed by atoms with Gasteiger partial charge in [-0.05, 0) is 23.6 Å². The van der Waals surface area contributed by atoms with Gasteiger partial charge in [0, 0.05) is 6.04 Å². The Balaban J connectivity index is 1.73. The van der Waals surface area contributed by atoms with E-state index in [9.17, 15) is 0 Å². The van der Waals surface area contributed by atoms with Crippen LogP contribution in [-0.4, -0.2) is 11.5 Å². The maximum absolute atomic E-state index is 6.29. The zero-order valence-corrected chi connectivity index (χ0v) is 14.5. The topological polar surface area (TPSA) is 12.5 Å². The van der Waals surface area contributed by atoms with Gasteiger partial charge in [0.2, 0.25) is 0 Å². The van der Waals surface area contributed by atoms with Gasteiger partial charge in [-0.15, -0.1) is 0 Å². The molecule has 0 bridgehead atoms. The highest BCUT2D eigenvalue weighted by Crippen LogP contribution is 2.44. The monoisotopic (exact) mass is 329 g/mol. The highest BCUT2D eigenvalue weighted by atomic mass is 16.5. The normalized spacial score (nSPS) is 22.0. The Morgan fingerprint density at radius 1 is 0.760 bits per heavy atom. The lowest BCUT2D eigenvalue weighted by Crippen LogP contribution is -2.30. The summed E-state index contributed by atoms with van der Waals surface area (Å²) in [6.45, 7) is 2.98. The van der Waals surface area contributed by atoms with E-state index in [1.807, 2.05) is 0 Å². The standard InChI is InChI=1S/C23H23NO/c1-18(19-11-5-2-6-12-19)24-22(20-13-7-3-8-14-20)17-25-23(24)21-15-9-4-10-16-21/h2-16,18,22-23H,17H2,1H3/t18-,22-,23+/m0/s1. The summed E-state index contributed by atoms with van der Waals surface area (Å²) in [6.07, 6.45) is -0.0263. The van der Waals surface area contributed by atoms with Crippen molar-refractivity contribution in [3.8, 4) is 0 Å². The van der Waals surface area contributed by atoms with Crippen molar-refractivity contribution in [2.45, 2.75) is 25.2 Å². The predicted molar refractivity (Wildman–Crippen MR) is 101 cm³/mol. The van der Waals surface area contributed by atoms with Crippen LogP contribution >= 0.6 is 0 Å². The van der Waals surface area contributed by atoms with Crippen molar-refractivity contribution in [3.63, 3.8) is 0 Å². The molecule has 25 heavy (non-hydrogen) atoms. The highest BCUT2D eigenvalue weighted by Gasteiger charge is 2.39. The summed E-state index contributed by atoms with van der Waals surface area (Å²) < 4.78 is 6.29. The third kappa shape index (κ3) is 3.23. The predicted octanol–water partition coefficient (Wildman–Crippen LogP) is 5.52. The molecule has 1 aliphatic rings. The van der Waals surface area contributed by atoms with Crippen molar-refractivity contribution in [2.24, 2.45) is 0 Å². The first-order valence-corrected chi connectivity index (χ1v) is 8.88. The quantitative estimate of drug-likeness (QED) is 0.625. The fourth-order valence-electron chi connectivity index (χ4n) is 3.72. The number of rotatable bonds is 4. The highest BCUT2D eigenvalue weighted by molar-refractivity contribution is 5.27. The molecule has 0 aromatic heterocycles. The molecule has 1 saturated heterocycles. The zero-order valence-electron chi connectivity index (χ0n) is 14.5. The van der Waals surface area contributed by atoms with Gasteiger partial charge >= 0.3 is 0 Å². The van der Waals surface area contributed by atoms with Crippen LogP contribution in [0.1, 0.15) is 41.9 Å². The van der Waals surface area contributed by atoms with Crippen molar-refractivity contribution < 1.29 is 4.74 Å². The lowest BCUT2D eigenvalue weighted by Gasteiger charge is -2.34. The molecule has 0 spiro atoms.